The van der Waals surface area contributed by atoms with E-state index in [-0.39, 0.29) is 37.2 Å². The molecule has 29 heavy (non-hydrogen) atoms. The monoisotopic (exact) mass is 428 g/mol. The lowest BCUT2D eigenvalue weighted by Crippen LogP contribution is -2.43. The van der Waals surface area contributed by atoms with Crippen LogP contribution in [-0.4, -0.2) is 34.8 Å². The molecule has 9 heteroatoms. The van der Waals surface area contributed by atoms with Crippen LogP contribution >= 0.6 is 12.4 Å². The highest BCUT2D eigenvalue weighted by Gasteiger charge is 2.26. The van der Waals surface area contributed by atoms with E-state index < -0.39 is 23.3 Å². The Labute approximate surface area is 173 Å². The molecule has 0 unspecified atom stereocenters. The van der Waals surface area contributed by atoms with Gasteiger partial charge in [-0.15, -0.1) is 12.4 Å². The zero-order valence-corrected chi connectivity index (χ0v) is 16.8. The molecule has 3 rings (SSSR count). The molecule has 2 aromatic carbocycles. The van der Waals surface area contributed by atoms with Gasteiger partial charge in [0.15, 0.2) is 6.61 Å². The van der Waals surface area contributed by atoms with E-state index in [2.05, 4.69) is 10.6 Å². The van der Waals surface area contributed by atoms with E-state index in [0.29, 0.717) is 29.0 Å². The van der Waals surface area contributed by atoms with Crippen molar-refractivity contribution in [2.75, 3.05) is 18.5 Å². The van der Waals surface area contributed by atoms with Crippen LogP contribution in [0.2, 0.25) is 0 Å². The fraction of sp³-hybridized carbons (Fsp3) is 0.350. The quantitative estimate of drug-likeness (QED) is 0.567. The molecule has 1 aliphatic rings. The molecule has 158 valence electrons. The third-order valence-corrected chi connectivity index (χ3v) is 4.43. The second-order valence-electron chi connectivity index (χ2n) is 7.48. The second-order valence-corrected chi connectivity index (χ2v) is 7.48. The maximum Gasteiger partial charge on any atom is 0.262 e. The number of hydrogen-bond acceptors (Lipinski definition) is 5. The number of fused-ring (bicyclic) bond motifs is 1. The number of amides is 1. The molecule has 1 amide bonds. The number of anilines is 1. The normalized spacial score (nSPS) is 14.3. The summed E-state index contributed by atoms with van der Waals surface area (Å²) in [5.74, 6) is -1.45. The molecule has 0 spiro atoms. The van der Waals surface area contributed by atoms with Gasteiger partial charge in [-0.05, 0) is 44.0 Å². The molecule has 1 heterocycles. The van der Waals surface area contributed by atoms with E-state index in [1.807, 2.05) is 13.8 Å². The van der Waals surface area contributed by atoms with Crippen LogP contribution in [-0.2, 0) is 11.2 Å². The van der Waals surface area contributed by atoms with Crippen molar-refractivity contribution in [3.05, 3.63) is 53.1 Å². The molecule has 0 radical (unpaired) electrons. The number of carbonyl (C=O) groups is 1. The maximum atomic E-state index is 13.4. The SMILES string of the molecule is CC(C)(Cc1cc(F)cc(F)c1)NC[C@H](O)c1cc(O)cc2c1OCC(=O)N2.Cl. The Morgan fingerprint density at radius 2 is 1.86 bits per heavy atom. The highest BCUT2D eigenvalue weighted by molar-refractivity contribution is 5.96. The molecule has 0 saturated carbocycles. The smallest absolute Gasteiger partial charge is 0.262 e. The summed E-state index contributed by atoms with van der Waals surface area (Å²) in [6.45, 7) is 3.61. The van der Waals surface area contributed by atoms with Crippen LogP contribution in [0.25, 0.3) is 0 Å². The number of halogens is 3. The molecule has 0 aromatic heterocycles. The lowest BCUT2D eigenvalue weighted by molar-refractivity contribution is -0.118. The van der Waals surface area contributed by atoms with Crippen LogP contribution < -0.4 is 15.4 Å². The van der Waals surface area contributed by atoms with Gasteiger partial charge in [-0.25, -0.2) is 8.78 Å². The number of phenolic OH excluding ortho intramolecular Hbond substituents is 1. The summed E-state index contributed by atoms with van der Waals surface area (Å²) >= 11 is 0. The maximum absolute atomic E-state index is 13.4. The fourth-order valence-electron chi connectivity index (χ4n) is 3.23. The topological polar surface area (TPSA) is 90.8 Å². The minimum absolute atomic E-state index is 0. The number of aliphatic hydroxyl groups excluding tert-OH is 1. The van der Waals surface area contributed by atoms with Crippen LogP contribution in [0.4, 0.5) is 14.5 Å². The number of nitrogens with one attached hydrogen (secondary N) is 2. The van der Waals surface area contributed by atoms with Gasteiger partial charge in [-0.3, -0.25) is 4.79 Å². The van der Waals surface area contributed by atoms with Crippen molar-refractivity contribution in [1.29, 1.82) is 0 Å². The van der Waals surface area contributed by atoms with E-state index in [1.165, 1.54) is 24.3 Å². The minimum Gasteiger partial charge on any atom is -0.508 e. The molecule has 0 saturated heterocycles. The zero-order chi connectivity index (χ0) is 20.5. The molecule has 1 aliphatic heterocycles. The highest BCUT2D eigenvalue weighted by Crippen LogP contribution is 2.38. The number of rotatable bonds is 6. The molecule has 6 nitrogen and oxygen atoms in total. The molecule has 1 atom stereocenters. The van der Waals surface area contributed by atoms with E-state index in [1.54, 1.807) is 0 Å². The first kappa shape index (κ1) is 22.9. The average Bonchev–Trinajstić information content (AvgIpc) is 2.57. The van der Waals surface area contributed by atoms with Gasteiger partial charge >= 0.3 is 0 Å². The van der Waals surface area contributed by atoms with Crippen LogP contribution in [0.15, 0.2) is 30.3 Å². The molecule has 0 aliphatic carbocycles. The number of aromatic hydroxyl groups is 1. The first-order valence-corrected chi connectivity index (χ1v) is 8.80. The van der Waals surface area contributed by atoms with Gasteiger partial charge in [0.05, 0.1) is 11.8 Å². The predicted octanol–water partition coefficient (Wildman–Crippen LogP) is 3.07. The fourth-order valence-corrected chi connectivity index (χ4v) is 3.23. The second kappa shape index (κ2) is 8.94. The molecular weight excluding hydrogens is 406 g/mol. The number of ether oxygens (including phenoxy) is 1. The Morgan fingerprint density at radius 1 is 1.21 bits per heavy atom. The Kier molecular flexibility index (Phi) is 7.05. The Hall–Kier alpha value is -2.42. The Morgan fingerprint density at radius 3 is 2.52 bits per heavy atom. The van der Waals surface area contributed by atoms with Gasteiger partial charge in [0.2, 0.25) is 0 Å². The summed E-state index contributed by atoms with van der Waals surface area (Å²) in [6.07, 6.45) is -0.710. The predicted molar refractivity (Wildman–Crippen MR) is 107 cm³/mol. The van der Waals surface area contributed by atoms with Crippen molar-refractivity contribution in [1.82, 2.24) is 5.32 Å². The standard InChI is InChI=1S/C20H22F2N2O4.ClH/c1-20(2,8-11-3-12(21)5-13(22)4-11)23-9-17(26)15-6-14(25)7-16-19(15)28-10-18(27)24-16;/h3-7,17,23,25-26H,8-10H2,1-2H3,(H,24,27);1H/t17-;/m0./s1. The highest BCUT2D eigenvalue weighted by atomic mass is 35.5. The number of phenols is 1. The first-order chi connectivity index (χ1) is 13.1. The van der Waals surface area contributed by atoms with Crippen molar-refractivity contribution >= 4 is 24.0 Å². The van der Waals surface area contributed by atoms with Crippen LogP contribution in [0.3, 0.4) is 0 Å². The van der Waals surface area contributed by atoms with Crippen molar-refractivity contribution in [3.8, 4) is 11.5 Å². The number of aliphatic hydroxyl groups is 1. The van der Waals surface area contributed by atoms with E-state index in [0.717, 1.165) is 6.07 Å². The summed E-state index contributed by atoms with van der Waals surface area (Å²) in [5, 5.41) is 26.2. The van der Waals surface area contributed by atoms with E-state index >= 15 is 0 Å². The molecule has 2 aromatic rings. The van der Waals surface area contributed by atoms with Gasteiger partial charge in [-0.1, -0.05) is 0 Å². The Balaban J connectivity index is 0.00000300. The summed E-state index contributed by atoms with van der Waals surface area (Å²) < 4.78 is 32.2. The molecule has 0 fully saturated rings. The van der Waals surface area contributed by atoms with Crippen molar-refractivity contribution in [3.63, 3.8) is 0 Å². The zero-order valence-electron chi connectivity index (χ0n) is 16.0. The third-order valence-electron chi connectivity index (χ3n) is 4.43. The summed E-state index contributed by atoms with van der Waals surface area (Å²) in [7, 11) is 0. The van der Waals surface area contributed by atoms with Crippen LogP contribution in [0, 0.1) is 11.6 Å². The number of carbonyl (C=O) groups excluding carboxylic acids is 1. The van der Waals surface area contributed by atoms with Gasteiger partial charge in [0.1, 0.15) is 23.1 Å². The molecule has 0 bridgehead atoms. The van der Waals surface area contributed by atoms with Gasteiger partial charge in [0.25, 0.3) is 5.91 Å². The number of hydrogen-bond donors (Lipinski definition) is 4. The van der Waals surface area contributed by atoms with Gasteiger partial charge < -0.3 is 25.6 Å². The number of β-amino-alcohol motifs (C(OH)–C–C–N with tert-alkyl or cyclic N) is 1. The first-order valence-electron chi connectivity index (χ1n) is 8.80. The van der Waals surface area contributed by atoms with Gasteiger partial charge in [0, 0.05) is 29.8 Å². The summed E-state index contributed by atoms with van der Waals surface area (Å²) in [4.78, 5) is 11.5. The number of benzene rings is 2. The van der Waals surface area contributed by atoms with Crippen LogP contribution in [0.1, 0.15) is 31.1 Å². The van der Waals surface area contributed by atoms with Crippen molar-refractivity contribution < 1.29 is 28.5 Å². The van der Waals surface area contributed by atoms with E-state index in [9.17, 15) is 23.8 Å². The van der Waals surface area contributed by atoms with E-state index in [4.69, 9.17) is 4.74 Å². The third kappa shape index (κ3) is 5.79. The van der Waals surface area contributed by atoms with Crippen molar-refractivity contribution in [2.24, 2.45) is 0 Å². The van der Waals surface area contributed by atoms with Crippen LogP contribution in [0.5, 0.6) is 11.5 Å². The molecular formula is C20H23ClF2N2O4. The largest absolute Gasteiger partial charge is 0.508 e. The average molecular weight is 429 g/mol. The Bertz CT molecular complexity index is 888. The van der Waals surface area contributed by atoms with Gasteiger partial charge in [-0.2, -0.15) is 0 Å². The minimum atomic E-state index is -1.04. The lowest BCUT2D eigenvalue weighted by atomic mass is 9.94. The lowest BCUT2D eigenvalue weighted by Gasteiger charge is -2.29. The summed E-state index contributed by atoms with van der Waals surface area (Å²) in [6, 6.07) is 6.07. The van der Waals surface area contributed by atoms with Crippen molar-refractivity contribution in [2.45, 2.75) is 31.9 Å². The summed E-state index contributed by atoms with van der Waals surface area (Å²) in [5.41, 5.74) is 0.535. The molecule has 4 N–H and O–H groups in total.